The van der Waals surface area contributed by atoms with Crippen molar-refractivity contribution in [3.05, 3.63) is 0 Å². The summed E-state index contributed by atoms with van der Waals surface area (Å²) >= 11 is 0. The average molecular weight is 755 g/mol. The molecule has 0 N–H and O–H groups in total. The smallest absolute Gasteiger partial charge is 0.0580 e. The molecule has 0 bridgehead atoms. The van der Waals surface area contributed by atoms with E-state index in [1.54, 1.807) is 0 Å². The fraction of sp³-hybridized carbons (Fsp3) is 1.00. The molecule has 0 amide bonds. The molecule has 0 aromatic carbocycles. The van der Waals surface area contributed by atoms with Crippen molar-refractivity contribution in [3.8, 4) is 0 Å². The molecule has 0 aliphatic rings. The lowest BCUT2D eigenvalue weighted by Crippen LogP contribution is -2.44. The van der Waals surface area contributed by atoms with E-state index >= 15 is 0 Å². The molecule has 5 nitrogen and oxygen atoms in total. The zero-order valence-electron chi connectivity index (χ0n) is 39.3. The van der Waals surface area contributed by atoms with Crippen LogP contribution in [0.5, 0.6) is 0 Å². The largest absolute Gasteiger partial charge is 0.380 e. The predicted octanol–water partition coefficient (Wildman–Crippen LogP) is 13.7. The lowest BCUT2D eigenvalue weighted by atomic mass is 9.85. The molecule has 53 heavy (non-hydrogen) atoms. The van der Waals surface area contributed by atoms with Crippen molar-refractivity contribution in [1.29, 1.82) is 0 Å². The van der Waals surface area contributed by atoms with E-state index in [2.05, 4.69) is 125 Å². The normalized spacial score (nSPS) is 13.7. The molecule has 5 heteroatoms. The van der Waals surface area contributed by atoms with Gasteiger partial charge in [-0.15, -0.1) is 0 Å². The molecule has 320 valence electrons. The molecule has 0 spiro atoms. The molecule has 0 saturated carbocycles. The van der Waals surface area contributed by atoms with E-state index < -0.39 is 0 Å². The van der Waals surface area contributed by atoms with E-state index in [9.17, 15) is 0 Å². The quantitative estimate of drug-likeness (QED) is 0.0655. The van der Waals surface area contributed by atoms with Crippen molar-refractivity contribution in [2.24, 2.45) is 58.2 Å². The molecule has 0 fully saturated rings. The van der Waals surface area contributed by atoms with Gasteiger partial charge in [-0.3, -0.25) is 0 Å². The molecular weight excluding hydrogens is 657 g/mol. The van der Waals surface area contributed by atoms with Gasteiger partial charge in [0.25, 0.3) is 0 Å². The summed E-state index contributed by atoms with van der Waals surface area (Å²) in [6.45, 7) is 45.5. The van der Waals surface area contributed by atoms with Crippen molar-refractivity contribution in [3.63, 3.8) is 0 Å². The fourth-order valence-electron chi connectivity index (χ4n) is 7.66. The van der Waals surface area contributed by atoms with Crippen LogP contribution in [-0.4, -0.2) is 64.1 Å². The third-order valence-corrected chi connectivity index (χ3v) is 10.7. The second-order valence-electron chi connectivity index (χ2n) is 21.0. The summed E-state index contributed by atoms with van der Waals surface area (Å²) in [7, 11) is 0. The molecule has 0 aromatic heterocycles. The van der Waals surface area contributed by atoms with E-state index in [4.69, 9.17) is 23.7 Å². The lowest BCUT2D eigenvalue weighted by molar-refractivity contribution is -0.142. The first-order chi connectivity index (χ1) is 24.6. The molecule has 0 rings (SSSR count). The van der Waals surface area contributed by atoms with Crippen LogP contribution in [0.4, 0.5) is 0 Å². The van der Waals surface area contributed by atoms with Gasteiger partial charge in [0.05, 0.1) is 64.1 Å². The Bertz CT molecular complexity index is 683. The molecule has 0 unspecified atom stereocenters. The zero-order valence-corrected chi connectivity index (χ0v) is 39.3. The van der Waals surface area contributed by atoms with Gasteiger partial charge >= 0.3 is 0 Å². The highest BCUT2D eigenvalue weighted by atomic mass is 16.5. The average Bonchev–Trinajstić information content (AvgIpc) is 3.00. The topological polar surface area (TPSA) is 46.2 Å². The Kier molecular flexibility index (Phi) is 28.1. The third kappa shape index (κ3) is 26.4. The molecular formula is C48H98O5. The summed E-state index contributed by atoms with van der Waals surface area (Å²) in [6.07, 6.45) is 11.5. The van der Waals surface area contributed by atoms with Crippen molar-refractivity contribution in [2.45, 2.75) is 213 Å². The van der Waals surface area contributed by atoms with Crippen LogP contribution in [-0.2, 0) is 23.7 Å². The summed E-state index contributed by atoms with van der Waals surface area (Å²) < 4.78 is 34.7. The first-order valence-electron chi connectivity index (χ1n) is 22.7. The second-order valence-corrected chi connectivity index (χ2v) is 21.0. The number of hydrogen-bond acceptors (Lipinski definition) is 5. The number of ether oxygens (including phenoxy) is 5. The van der Waals surface area contributed by atoms with Gasteiger partial charge < -0.3 is 23.7 Å². The molecule has 0 aliphatic carbocycles. The van der Waals surface area contributed by atoms with Gasteiger partial charge in [-0.25, -0.2) is 0 Å². The summed E-state index contributed by atoms with van der Waals surface area (Å²) in [5.74, 6) is 4.77. The summed E-state index contributed by atoms with van der Waals surface area (Å²) in [4.78, 5) is 0. The minimum absolute atomic E-state index is 0.227. The SMILES string of the molecule is CCC(COCC(CC)(COC(CC(C)C)CC(C)C)COC(CC(C)C)CC(C)C)(COC(CC(C)C)CC(C)C)COC(CC(C)C)CC(C)C. The molecule has 0 aliphatic heterocycles. The molecule has 0 saturated heterocycles. The molecule has 0 radical (unpaired) electrons. The number of rotatable bonds is 34. The Hall–Kier alpha value is -0.200. The van der Waals surface area contributed by atoms with Gasteiger partial charge in [0.2, 0.25) is 0 Å². The van der Waals surface area contributed by atoms with E-state index in [-0.39, 0.29) is 35.2 Å². The first kappa shape index (κ1) is 52.8. The van der Waals surface area contributed by atoms with E-state index in [0.29, 0.717) is 87.0 Å². The van der Waals surface area contributed by atoms with Gasteiger partial charge in [-0.1, -0.05) is 125 Å². The van der Waals surface area contributed by atoms with Crippen molar-refractivity contribution < 1.29 is 23.7 Å². The van der Waals surface area contributed by atoms with Gasteiger partial charge in [0, 0.05) is 10.8 Å². The zero-order chi connectivity index (χ0) is 40.8. The molecule has 0 heterocycles. The van der Waals surface area contributed by atoms with E-state index in [1.165, 1.54) is 0 Å². The highest BCUT2D eigenvalue weighted by Gasteiger charge is 2.37. The van der Waals surface area contributed by atoms with Gasteiger partial charge in [-0.2, -0.15) is 0 Å². The lowest BCUT2D eigenvalue weighted by Gasteiger charge is -2.39. The van der Waals surface area contributed by atoms with Crippen LogP contribution < -0.4 is 0 Å². The van der Waals surface area contributed by atoms with E-state index in [0.717, 1.165) is 64.2 Å². The Morgan fingerprint density at radius 1 is 0.283 bits per heavy atom. The Morgan fingerprint density at radius 2 is 0.453 bits per heavy atom. The number of hydrogen-bond donors (Lipinski definition) is 0. The van der Waals surface area contributed by atoms with Gasteiger partial charge in [-0.05, 0) is 112 Å². The van der Waals surface area contributed by atoms with Crippen LogP contribution in [0.2, 0.25) is 0 Å². The molecule has 0 aromatic rings. The van der Waals surface area contributed by atoms with Crippen LogP contribution in [0.1, 0.15) is 189 Å². The van der Waals surface area contributed by atoms with Gasteiger partial charge in [0.1, 0.15) is 0 Å². The maximum Gasteiger partial charge on any atom is 0.0580 e. The van der Waals surface area contributed by atoms with Crippen LogP contribution in [0.3, 0.4) is 0 Å². The van der Waals surface area contributed by atoms with Gasteiger partial charge in [0.15, 0.2) is 0 Å². The summed E-state index contributed by atoms with van der Waals surface area (Å²) in [6, 6.07) is 0. The third-order valence-electron chi connectivity index (χ3n) is 10.7. The maximum absolute atomic E-state index is 7.00. The highest BCUT2D eigenvalue weighted by molar-refractivity contribution is 4.84. The van der Waals surface area contributed by atoms with Crippen LogP contribution in [0.25, 0.3) is 0 Å². The fourth-order valence-corrected chi connectivity index (χ4v) is 7.66. The van der Waals surface area contributed by atoms with Crippen LogP contribution in [0.15, 0.2) is 0 Å². The second kappa shape index (κ2) is 28.2. The Balaban J connectivity index is 6.53. The summed E-state index contributed by atoms with van der Waals surface area (Å²) in [5.41, 5.74) is -0.454. The first-order valence-corrected chi connectivity index (χ1v) is 22.7. The van der Waals surface area contributed by atoms with E-state index in [1.807, 2.05) is 0 Å². The van der Waals surface area contributed by atoms with Crippen LogP contribution >= 0.6 is 0 Å². The van der Waals surface area contributed by atoms with Crippen molar-refractivity contribution in [2.75, 3.05) is 39.6 Å². The van der Waals surface area contributed by atoms with Crippen LogP contribution in [0, 0.1) is 58.2 Å². The van der Waals surface area contributed by atoms with Crippen molar-refractivity contribution >= 4 is 0 Å². The molecule has 0 atom stereocenters. The summed E-state index contributed by atoms with van der Waals surface area (Å²) in [5, 5.41) is 0. The standard InChI is InChI=1S/C48H98O5/c1-19-47(31-50-43(21-35(3)4)22-36(5)6,32-51-44(23-37(7)8)24-38(9)10)29-49-30-48(20-2,33-52-45(25-39(11)12)26-40(13)14)34-53-46(27-41(15)16)28-42(17)18/h35-46H,19-34H2,1-18H3. The maximum atomic E-state index is 7.00. The minimum Gasteiger partial charge on any atom is -0.380 e. The Labute approximate surface area is 333 Å². The predicted molar refractivity (Wildman–Crippen MR) is 231 cm³/mol. The monoisotopic (exact) mass is 755 g/mol. The Morgan fingerprint density at radius 3 is 0.585 bits per heavy atom. The highest BCUT2D eigenvalue weighted by Crippen LogP contribution is 2.33. The van der Waals surface area contributed by atoms with Crippen molar-refractivity contribution in [1.82, 2.24) is 0 Å². The minimum atomic E-state index is -0.227.